The van der Waals surface area contributed by atoms with Crippen LogP contribution in [0, 0.1) is 0 Å². The van der Waals surface area contributed by atoms with Gasteiger partial charge in [-0.05, 0) is 76.1 Å². The summed E-state index contributed by atoms with van der Waals surface area (Å²) in [6, 6.07) is 9.47. The molecule has 18 nitrogen and oxygen atoms in total. The van der Waals surface area contributed by atoms with Gasteiger partial charge in [-0.2, -0.15) is 26.3 Å². The molecule has 24 heteroatoms. The number of esters is 2. The molecule has 2 aromatic heterocycles. The van der Waals surface area contributed by atoms with Crippen LogP contribution in [0.2, 0.25) is 0 Å². The minimum absolute atomic E-state index is 0.241. The predicted octanol–water partition coefficient (Wildman–Crippen LogP) is 3.53. The van der Waals surface area contributed by atoms with E-state index in [1.807, 2.05) is 0 Å². The molecule has 8 N–H and O–H groups in total. The molecule has 0 aliphatic carbocycles. The zero-order chi connectivity index (χ0) is 46.6. The summed E-state index contributed by atoms with van der Waals surface area (Å²) in [6.45, 7) is 3.72. The van der Waals surface area contributed by atoms with Crippen LogP contribution >= 0.6 is 0 Å². The number of ether oxygens (including phenoxy) is 2. The highest BCUT2D eigenvalue weighted by Crippen LogP contribution is 2.22. The van der Waals surface area contributed by atoms with Crippen LogP contribution in [0.3, 0.4) is 0 Å². The van der Waals surface area contributed by atoms with Crippen molar-refractivity contribution in [1.29, 1.82) is 0 Å². The van der Waals surface area contributed by atoms with Crippen molar-refractivity contribution in [2.24, 2.45) is 0 Å². The summed E-state index contributed by atoms with van der Waals surface area (Å²) in [7, 11) is 2.58. The Morgan fingerprint density at radius 1 is 0.548 bits per heavy atom. The maximum atomic E-state index is 12.6. The number of H-pyrrole nitrogens is 2. The van der Waals surface area contributed by atoms with Crippen LogP contribution in [0.4, 0.5) is 26.3 Å². The van der Waals surface area contributed by atoms with Crippen LogP contribution in [0.25, 0.3) is 21.8 Å². The zero-order valence-electron chi connectivity index (χ0n) is 32.9. The molecule has 2 amide bonds. The van der Waals surface area contributed by atoms with E-state index < -0.39 is 59.6 Å². The number of aliphatic carboxylic acids is 2. The number of aromatic amines is 2. The highest BCUT2D eigenvalue weighted by Gasteiger charge is 2.39. The Kier molecular flexibility index (Phi) is 20.2. The van der Waals surface area contributed by atoms with Gasteiger partial charge in [0.2, 0.25) is 0 Å². The van der Waals surface area contributed by atoms with Crippen molar-refractivity contribution in [3.63, 3.8) is 0 Å². The summed E-state index contributed by atoms with van der Waals surface area (Å²) in [5, 5.41) is 27.3. The van der Waals surface area contributed by atoms with Gasteiger partial charge in [0, 0.05) is 47.3 Å². The van der Waals surface area contributed by atoms with Gasteiger partial charge in [-0.15, -0.1) is 0 Å². The number of carboxylic acid groups (broad SMARTS) is 2. The molecule has 2 aromatic carbocycles. The first kappa shape index (κ1) is 51.3. The van der Waals surface area contributed by atoms with Gasteiger partial charge in [-0.3, -0.25) is 19.2 Å². The Labute approximate surface area is 347 Å². The normalized spacial score (nSPS) is 11.0. The van der Waals surface area contributed by atoms with Crippen molar-refractivity contribution in [2.45, 2.75) is 38.0 Å². The first-order valence-electron chi connectivity index (χ1n) is 18.2. The number of rotatable bonds is 19. The molecule has 2 heterocycles. The number of benzene rings is 2. The average molecular weight is 889 g/mol. The lowest BCUT2D eigenvalue weighted by atomic mass is 10.1. The average Bonchev–Trinajstić information content (AvgIpc) is 3.86. The fraction of sp³-hybridized carbons (Fsp3) is 0.368. The van der Waals surface area contributed by atoms with Crippen molar-refractivity contribution >= 4 is 69.1 Å². The summed E-state index contributed by atoms with van der Waals surface area (Å²) in [5.74, 6) is -9.15. The van der Waals surface area contributed by atoms with Gasteiger partial charge in [0.1, 0.15) is 0 Å². The SMILES string of the molecule is COC(=O)c1ccc2c(C(=O)C(=O)NCCCNCCCCNCCCNC(=O)C(=O)c3c[nH]c4cc(C(=O)OC)ccc34)c[nH]c2c1.O=C(O)C(F)(F)F.O=C(O)C(F)(F)F. The molecule has 0 atom stereocenters. The predicted molar refractivity (Wildman–Crippen MR) is 206 cm³/mol. The largest absolute Gasteiger partial charge is 0.490 e. The summed E-state index contributed by atoms with van der Waals surface area (Å²) in [5.41, 5.74) is 2.30. The molecule has 4 aromatic rings. The van der Waals surface area contributed by atoms with Crippen molar-refractivity contribution in [1.82, 2.24) is 31.2 Å². The monoisotopic (exact) mass is 888 g/mol. The van der Waals surface area contributed by atoms with Gasteiger partial charge in [0.05, 0.1) is 36.5 Å². The molecule has 0 unspecified atom stereocenters. The van der Waals surface area contributed by atoms with Gasteiger partial charge in [0.15, 0.2) is 0 Å². The van der Waals surface area contributed by atoms with Crippen LogP contribution in [0.15, 0.2) is 48.8 Å². The Bertz CT molecular complexity index is 2060. The number of carboxylic acids is 2. The van der Waals surface area contributed by atoms with Gasteiger partial charge in [-0.1, -0.05) is 12.1 Å². The van der Waals surface area contributed by atoms with Crippen molar-refractivity contribution < 1.29 is 84.4 Å². The third-order valence-electron chi connectivity index (χ3n) is 8.18. The lowest BCUT2D eigenvalue weighted by Crippen LogP contribution is -2.33. The molecule has 0 radical (unpaired) electrons. The van der Waals surface area contributed by atoms with E-state index in [0.717, 1.165) is 25.9 Å². The number of ketones is 2. The molecule has 0 aliphatic rings. The number of methoxy groups -OCH3 is 2. The summed E-state index contributed by atoms with van der Waals surface area (Å²) >= 11 is 0. The number of carbonyl (C=O) groups is 8. The second-order valence-corrected chi connectivity index (χ2v) is 12.6. The fourth-order valence-electron chi connectivity index (χ4n) is 5.10. The van der Waals surface area contributed by atoms with Gasteiger partial charge >= 0.3 is 36.2 Å². The summed E-state index contributed by atoms with van der Waals surface area (Å²) in [4.78, 5) is 97.1. The smallest absolute Gasteiger partial charge is 0.475 e. The molecule has 4 rings (SSSR count). The van der Waals surface area contributed by atoms with Gasteiger partial charge in [0.25, 0.3) is 23.4 Å². The van der Waals surface area contributed by atoms with Crippen LogP contribution in [-0.4, -0.2) is 133 Å². The second kappa shape index (κ2) is 24.4. The first-order valence-corrected chi connectivity index (χ1v) is 18.2. The number of Topliss-reactive ketones (excluding diaryl/α,β-unsaturated/α-hetero) is 2. The second-order valence-electron chi connectivity index (χ2n) is 12.6. The van der Waals surface area contributed by atoms with Crippen LogP contribution in [0.5, 0.6) is 0 Å². The topological polar surface area (TPSA) is 275 Å². The molecule has 0 saturated heterocycles. The molecule has 0 bridgehead atoms. The van der Waals surface area contributed by atoms with E-state index >= 15 is 0 Å². The lowest BCUT2D eigenvalue weighted by molar-refractivity contribution is -0.193. The highest BCUT2D eigenvalue weighted by atomic mass is 19.4. The molecule has 0 fully saturated rings. The van der Waals surface area contributed by atoms with Crippen LogP contribution in [0.1, 0.15) is 67.1 Å². The van der Waals surface area contributed by atoms with E-state index in [9.17, 15) is 55.1 Å². The Morgan fingerprint density at radius 3 is 1.18 bits per heavy atom. The van der Waals surface area contributed by atoms with Crippen molar-refractivity contribution in [2.75, 3.05) is 53.5 Å². The molecule has 0 spiro atoms. The number of hydrogen-bond acceptors (Lipinski definition) is 12. The summed E-state index contributed by atoms with van der Waals surface area (Å²) < 4.78 is 72.9. The highest BCUT2D eigenvalue weighted by molar-refractivity contribution is 6.45. The molecular weight excluding hydrogens is 846 g/mol. The van der Waals surface area contributed by atoms with E-state index in [1.54, 1.807) is 36.4 Å². The molecule has 0 aliphatic heterocycles. The molecular formula is C38H42F6N6O12. The fourth-order valence-corrected chi connectivity index (χ4v) is 5.10. The van der Waals surface area contributed by atoms with E-state index in [2.05, 4.69) is 31.2 Å². The number of amides is 2. The summed E-state index contributed by atoms with van der Waals surface area (Å²) in [6.07, 6.45) is -4.01. The lowest BCUT2D eigenvalue weighted by Gasteiger charge is -2.08. The van der Waals surface area contributed by atoms with Crippen molar-refractivity contribution in [3.8, 4) is 0 Å². The third kappa shape index (κ3) is 16.3. The number of fused-ring (bicyclic) bond motifs is 2. The third-order valence-corrected chi connectivity index (χ3v) is 8.18. The van der Waals surface area contributed by atoms with Gasteiger partial charge < -0.3 is 50.9 Å². The number of alkyl halides is 6. The number of unbranched alkanes of at least 4 members (excludes halogenated alkanes) is 1. The maximum Gasteiger partial charge on any atom is 0.490 e. The molecule has 338 valence electrons. The van der Waals surface area contributed by atoms with E-state index in [0.29, 0.717) is 72.0 Å². The van der Waals surface area contributed by atoms with E-state index in [-0.39, 0.29) is 11.1 Å². The quantitative estimate of drug-likeness (QED) is 0.0220. The first-order chi connectivity index (χ1) is 29.1. The number of aromatic nitrogens is 2. The maximum absolute atomic E-state index is 12.6. The minimum atomic E-state index is -5.08. The Morgan fingerprint density at radius 2 is 0.871 bits per heavy atom. The number of carbonyl (C=O) groups excluding carboxylic acids is 6. The van der Waals surface area contributed by atoms with Crippen LogP contribution < -0.4 is 21.3 Å². The van der Waals surface area contributed by atoms with Crippen molar-refractivity contribution in [3.05, 3.63) is 71.0 Å². The minimum Gasteiger partial charge on any atom is -0.475 e. The molecule has 0 saturated carbocycles. The number of hydrogen-bond donors (Lipinski definition) is 8. The molecule has 62 heavy (non-hydrogen) atoms. The standard InChI is InChI=1S/C34H40N6O8.2C2HF3O2/c1-47-33(45)21-7-9-23-25(19-39-27(23)17-21)29(41)31(43)37-15-5-13-35-11-3-4-12-36-14-6-16-38-32(44)30(42)26-20-40-28-18-22(34(46)48-2)8-10-24(26)28;2*3-2(4,5)1(6)7/h7-10,17-20,35-36,39-40H,3-6,11-16H2,1-2H3,(H,37,43)(H,38,44);2*(H,6,7). The number of nitrogens with one attached hydrogen (secondary N) is 6. The van der Waals surface area contributed by atoms with Gasteiger partial charge in [-0.25, -0.2) is 19.2 Å². The Hall–Kier alpha value is -6.82. The number of halogens is 6. The zero-order valence-corrected chi connectivity index (χ0v) is 32.9. The Balaban J connectivity index is 0.000000811. The van der Waals surface area contributed by atoms with E-state index in [1.165, 1.54) is 26.6 Å². The van der Waals surface area contributed by atoms with Crippen LogP contribution in [-0.2, 0) is 28.7 Å². The van der Waals surface area contributed by atoms with E-state index in [4.69, 9.17) is 29.3 Å².